The summed E-state index contributed by atoms with van der Waals surface area (Å²) in [5.41, 5.74) is 6.87. The number of carbonyl (C=O) groups excluding carboxylic acids is 2. The maximum absolute atomic E-state index is 13.6. The van der Waals surface area contributed by atoms with Crippen LogP contribution in [-0.2, 0) is 36.1 Å². The predicted molar refractivity (Wildman–Crippen MR) is 281 cm³/mol. The van der Waals surface area contributed by atoms with Crippen LogP contribution in [0.4, 0.5) is 34.6 Å². The molecule has 0 radical (unpaired) electrons. The van der Waals surface area contributed by atoms with Gasteiger partial charge < -0.3 is 49.6 Å². The highest BCUT2D eigenvalue weighted by molar-refractivity contribution is 7.90. The number of aryl methyl sites for hydroxylation is 1. The van der Waals surface area contributed by atoms with Gasteiger partial charge in [-0.15, -0.1) is 0 Å². The maximum Gasteiger partial charge on any atom is 0.255 e. The van der Waals surface area contributed by atoms with Gasteiger partial charge in [-0.05, 0) is 78.7 Å². The van der Waals surface area contributed by atoms with E-state index in [4.69, 9.17) is 34.1 Å². The van der Waals surface area contributed by atoms with Gasteiger partial charge in [0.1, 0.15) is 23.3 Å². The summed E-state index contributed by atoms with van der Waals surface area (Å²) in [6, 6.07) is 18.1. The van der Waals surface area contributed by atoms with E-state index in [0.717, 1.165) is 51.8 Å². The lowest BCUT2D eigenvalue weighted by Crippen LogP contribution is -2.52. The van der Waals surface area contributed by atoms with Crippen molar-refractivity contribution in [2.24, 2.45) is 0 Å². The number of carbonyl (C=O) groups is 2. The average Bonchev–Trinajstić information content (AvgIpc) is 3.38. The van der Waals surface area contributed by atoms with Gasteiger partial charge in [0.05, 0.1) is 74.7 Å². The van der Waals surface area contributed by atoms with Crippen molar-refractivity contribution >= 4 is 56.3 Å². The Bertz CT molecular complexity index is 3190. The van der Waals surface area contributed by atoms with E-state index < -0.39 is 21.8 Å². The fourth-order valence-corrected chi connectivity index (χ4v) is 9.67. The minimum Gasteiger partial charge on any atom is -0.389 e. The topological polar surface area (TPSA) is 231 Å². The number of ether oxygens (including phenoxy) is 3. The zero-order chi connectivity index (χ0) is 51.7. The number of nitrogens with zero attached hydrogens (tertiary/aromatic N) is 10. The zero-order valence-electron chi connectivity index (χ0n) is 42.1. The number of sulfone groups is 1. The Morgan fingerprint density at radius 2 is 1.18 bits per heavy atom. The molecule has 3 N–H and O–H groups in total. The predicted octanol–water partition coefficient (Wildman–Crippen LogP) is 5.16. The molecule has 74 heavy (non-hydrogen) atoms. The number of aliphatic hydroxyl groups excluding tert-OH is 1. The molecule has 0 saturated carbocycles. The number of nitrogens with one attached hydrogen (secondary N) is 2. The number of pyridine rings is 6. The molecule has 10 rings (SSSR count). The Kier molecular flexibility index (Phi) is 14.3. The van der Waals surface area contributed by atoms with Gasteiger partial charge in [-0.25, -0.2) is 23.4 Å². The van der Waals surface area contributed by atoms with Crippen LogP contribution in [0.3, 0.4) is 0 Å². The van der Waals surface area contributed by atoms with Crippen molar-refractivity contribution in [3.05, 3.63) is 114 Å². The summed E-state index contributed by atoms with van der Waals surface area (Å²) in [7, 11) is -3.66. The lowest BCUT2D eigenvalue weighted by atomic mass is 9.91. The lowest BCUT2D eigenvalue weighted by molar-refractivity contribution is 0.0207. The number of rotatable bonds is 14. The third-order valence-electron chi connectivity index (χ3n) is 13.4. The van der Waals surface area contributed by atoms with Gasteiger partial charge in [0.15, 0.2) is 14.9 Å². The van der Waals surface area contributed by atoms with E-state index in [9.17, 15) is 23.1 Å². The standard InChI is InChI=1S/C53H60N12O8S/c1-33-42(24-38(26-56-33)58-51(67)34-6-8-54-45(18-34)53(2,3)4)36-19-46(62-10-14-71-15-11-62)61-49(20-36)65-30-41(31-65)73-32-44-43(25-39(27-57-44)59-52(68)35-7-9-55-50(23-35)74(5,69)70)37-21-47(63-12-16-72-17-13-63)60-48(22-37)64-28-40(66)29-64/h6-9,18-27,40-41,66H,10-17,28-32H2,1-5H3,(H,58,67)(H,59,68). The van der Waals surface area contributed by atoms with Crippen molar-refractivity contribution < 1.29 is 37.3 Å². The van der Waals surface area contributed by atoms with E-state index in [1.54, 1.807) is 24.7 Å². The van der Waals surface area contributed by atoms with Crippen LogP contribution in [0.1, 0.15) is 58.6 Å². The van der Waals surface area contributed by atoms with Gasteiger partial charge >= 0.3 is 0 Å². The first-order valence-corrected chi connectivity index (χ1v) is 26.6. The van der Waals surface area contributed by atoms with Crippen molar-refractivity contribution in [3.8, 4) is 22.3 Å². The van der Waals surface area contributed by atoms with Crippen LogP contribution in [0.2, 0.25) is 0 Å². The fraction of sp³-hybridized carbons (Fsp3) is 0.396. The number of aromatic nitrogens is 6. The second kappa shape index (κ2) is 21.0. The molecular weight excluding hydrogens is 965 g/mol. The average molecular weight is 1030 g/mol. The van der Waals surface area contributed by atoms with E-state index >= 15 is 0 Å². The molecule has 0 spiro atoms. The summed E-state index contributed by atoms with van der Waals surface area (Å²) in [5.74, 6) is 2.25. The van der Waals surface area contributed by atoms with Crippen LogP contribution in [0.15, 0.2) is 90.5 Å². The molecule has 0 aliphatic carbocycles. The molecule has 2 amide bonds. The van der Waals surface area contributed by atoms with Crippen molar-refractivity contribution in [1.82, 2.24) is 29.9 Å². The Morgan fingerprint density at radius 1 is 0.676 bits per heavy atom. The fourth-order valence-electron chi connectivity index (χ4n) is 9.08. The number of amides is 2. The second-order valence-electron chi connectivity index (χ2n) is 20.1. The number of hydrogen-bond acceptors (Lipinski definition) is 18. The quantitative estimate of drug-likeness (QED) is 0.128. The SMILES string of the molecule is Cc1ncc(NC(=O)c2ccnc(C(C)(C)C)c2)cc1-c1cc(N2CCOCC2)nc(N2CC(OCc3ncc(NC(=O)c4ccnc(S(C)(=O)=O)c4)cc3-c3cc(N4CCOCC4)nc(N4CC(O)C4)c3)C2)c1. The maximum atomic E-state index is 13.6. The minimum atomic E-state index is -3.66. The number of anilines is 6. The largest absolute Gasteiger partial charge is 0.389 e. The van der Waals surface area contributed by atoms with Crippen LogP contribution in [-0.4, -0.2) is 152 Å². The van der Waals surface area contributed by atoms with Crippen LogP contribution in [0, 0.1) is 6.92 Å². The number of aliphatic hydroxyl groups is 1. The Balaban J connectivity index is 0.908. The Morgan fingerprint density at radius 3 is 1.73 bits per heavy atom. The first-order valence-electron chi connectivity index (χ1n) is 24.7. The van der Waals surface area contributed by atoms with Gasteiger partial charge in [0, 0.05) is 110 Å². The summed E-state index contributed by atoms with van der Waals surface area (Å²) in [4.78, 5) is 63.9. The molecular formula is C53H60N12O8S. The van der Waals surface area contributed by atoms with Crippen LogP contribution < -0.4 is 30.2 Å². The van der Waals surface area contributed by atoms with Gasteiger partial charge in [-0.3, -0.25) is 24.5 Å². The van der Waals surface area contributed by atoms with Gasteiger partial charge in [0.2, 0.25) is 0 Å². The smallest absolute Gasteiger partial charge is 0.255 e. The van der Waals surface area contributed by atoms with Crippen molar-refractivity contribution in [3.63, 3.8) is 0 Å². The molecule has 4 aliphatic heterocycles. The van der Waals surface area contributed by atoms with Crippen molar-refractivity contribution in [2.45, 2.75) is 57.0 Å². The Labute approximate surface area is 430 Å². The third-order valence-corrected chi connectivity index (χ3v) is 14.4. The monoisotopic (exact) mass is 1020 g/mol. The number of β-amino-alcohol motifs (C(OH)–C–C–N with tert-alkyl or cyclic N) is 1. The lowest BCUT2D eigenvalue weighted by Gasteiger charge is -2.40. The third kappa shape index (κ3) is 11.5. The van der Waals surface area contributed by atoms with Gasteiger partial charge in [0.25, 0.3) is 11.8 Å². The second-order valence-corrected chi connectivity index (χ2v) is 22.0. The molecule has 0 aromatic carbocycles. The molecule has 21 heteroatoms. The number of hydrogen-bond donors (Lipinski definition) is 3. The van der Waals surface area contributed by atoms with E-state index in [2.05, 4.69) is 68.2 Å². The molecule has 10 heterocycles. The Hall–Kier alpha value is -7.17. The van der Waals surface area contributed by atoms with Gasteiger partial charge in [-0.1, -0.05) is 20.8 Å². The summed E-state index contributed by atoms with van der Waals surface area (Å²) < 4.78 is 42.5. The highest BCUT2D eigenvalue weighted by Gasteiger charge is 2.32. The van der Waals surface area contributed by atoms with Gasteiger partial charge in [-0.2, -0.15) is 0 Å². The summed E-state index contributed by atoms with van der Waals surface area (Å²) >= 11 is 0. The van der Waals surface area contributed by atoms with Crippen LogP contribution in [0.25, 0.3) is 22.3 Å². The number of morpholine rings is 2. The molecule has 4 aliphatic rings. The summed E-state index contributed by atoms with van der Waals surface area (Å²) in [5, 5.41) is 16.0. The first kappa shape index (κ1) is 50.4. The zero-order valence-corrected chi connectivity index (χ0v) is 42.9. The summed E-state index contributed by atoms with van der Waals surface area (Å²) in [6.45, 7) is 15.3. The van der Waals surface area contributed by atoms with E-state index in [-0.39, 0.29) is 34.6 Å². The van der Waals surface area contributed by atoms with E-state index in [1.165, 1.54) is 18.3 Å². The summed E-state index contributed by atoms with van der Waals surface area (Å²) in [6.07, 6.45) is 6.59. The molecule has 386 valence electrons. The highest BCUT2D eigenvalue weighted by atomic mass is 32.2. The molecule has 0 atom stereocenters. The molecule has 0 bridgehead atoms. The molecule has 4 saturated heterocycles. The van der Waals surface area contributed by atoms with E-state index in [1.807, 2.05) is 42.2 Å². The highest BCUT2D eigenvalue weighted by Crippen LogP contribution is 2.36. The molecule has 0 unspecified atom stereocenters. The van der Waals surface area contributed by atoms with Crippen LogP contribution in [0.5, 0.6) is 0 Å². The minimum absolute atomic E-state index is 0.124. The van der Waals surface area contributed by atoms with Crippen molar-refractivity contribution in [2.75, 3.05) is 115 Å². The molecule has 6 aromatic heterocycles. The van der Waals surface area contributed by atoms with Crippen LogP contribution >= 0.6 is 0 Å². The van der Waals surface area contributed by atoms with Crippen molar-refractivity contribution in [1.29, 1.82) is 0 Å². The molecule has 4 fully saturated rings. The first-order chi connectivity index (χ1) is 35.5. The molecule has 6 aromatic rings. The normalized spacial score (nSPS) is 16.7. The van der Waals surface area contributed by atoms with E-state index in [0.29, 0.717) is 113 Å². The molecule has 20 nitrogen and oxygen atoms in total.